The summed E-state index contributed by atoms with van der Waals surface area (Å²) in [6, 6.07) is 17.5. The van der Waals surface area contributed by atoms with Crippen LogP contribution < -0.4 is 4.74 Å². The van der Waals surface area contributed by atoms with Crippen molar-refractivity contribution in [2.24, 2.45) is 0 Å². The Labute approximate surface area is 229 Å². The summed E-state index contributed by atoms with van der Waals surface area (Å²) in [6.07, 6.45) is -0.231. The van der Waals surface area contributed by atoms with Crippen molar-refractivity contribution >= 4 is 17.0 Å². The lowest BCUT2D eigenvalue weighted by atomic mass is 9.86. The van der Waals surface area contributed by atoms with Gasteiger partial charge in [-0.25, -0.2) is 9.07 Å². The van der Waals surface area contributed by atoms with Gasteiger partial charge in [-0.05, 0) is 62.1 Å². The van der Waals surface area contributed by atoms with Crippen molar-refractivity contribution in [3.05, 3.63) is 88.2 Å². The molecule has 5 rings (SSSR count). The maximum atomic E-state index is 15.7. The van der Waals surface area contributed by atoms with Gasteiger partial charge in [0.15, 0.2) is 5.82 Å². The molecule has 1 aromatic heterocycles. The lowest BCUT2D eigenvalue weighted by Gasteiger charge is -2.30. The molecule has 1 aliphatic rings. The van der Waals surface area contributed by atoms with Gasteiger partial charge in [-0.2, -0.15) is 0 Å². The van der Waals surface area contributed by atoms with Crippen LogP contribution in [0, 0.1) is 12.7 Å². The summed E-state index contributed by atoms with van der Waals surface area (Å²) in [4.78, 5) is 14.2. The number of hydrogen-bond acceptors (Lipinski definition) is 5. The fraction of sp³-hybridized carbons (Fsp3) is 0.387. The first-order chi connectivity index (χ1) is 18.1. The van der Waals surface area contributed by atoms with E-state index in [1.807, 2.05) is 43.3 Å². The first kappa shape index (κ1) is 28.2. The van der Waals surface area contributed by atoms with Gasteiger partial charge in [0.2, 0.25) is 0 Å². The Bertz CT molecular complexity index is 1500. The van der Waals surface area contributed by atoms with Crippen molar-refractivity contribution in [2.75, 3.05) is 6.54 Å². The van der Waals surface area contributed by atoms with Crippen molar-refractivity contribution in [2.45, 2.75) is 72.7 Å². The highest BCUT2D eigenvalue weighted by Gasteiger charge is 2.30. The molecule has 4 aromatic rings. The maximum absolute atomic E-state index is 15.7. The maximum Gasteiger partial charge on any atom is 0.304 e. The Morgan fingerprint density at radius 1 is 1.18 bits per heavy atom. The number of benzene rings is 3. The van der Waals surface area contributed by atoms with Gasteiger partial charge in [-0.1, -0.05) is 55.1 Å². The third-order valence-electron chi connectivity index (χ3n) is 7.24. The van der Waals surface area contributed by atoms with Crippen molar-refractivity contribution in [3.8, 4) is 5.75 Å². The van der Waals surface area contributed by atoms with Gasteiger partial charge < -0.3 is 9.84 Å². The van der Waals surface area contributed by atoms with Crippen molar-refractivity contribution in [1.82, 2.24) is 19.9 Å². The molecule has 0 bridgehead atoms. The van der Waals surface area contributed by atoms with Crippen LogP contribution in [0.3, 0.4) is 0 Å². The molecule has 0 saturated heterocycles. The van der Waals surface area contributed by atoms with E-state index in [1.54, 1.807) is 16.8 Å². The van der Waals surface area contributed by atoms with E-state index >= 15 is 4.39 Å². The number of carbonyl (C=O) groups is 1. The number of aliphatic carboxylic acids is 1. The molecule has 0 spiro atoms. The van der Waals surface area contributed by atoms with Crippen LogP contribution in [-0.4, -0.2) is 43.1 Å². The number of carboxylic acid groups (broad SMARTS) is 1. The molecule has 39 heavy (non-hydrogen) atoms. The second-order valence-corrected chi connectivity index (χ2v) is 10.7. The van der Waals surface area contributed by atoms with E-state index in [0.29, 0.717) is 24.2 Å². The van der Waals surface area contributed by atoms with E-state index in [-0.39, 0.29) is 25.0 Å². The fourth-order valence-corrected chi connectivity index (χ4v) is 5.44. The lowest BCUT2D eigenvalue weighted by Crippen LogP contribution is -2.40. The summed E-state index contributed by atoms with van der Waals surface area (Å²) in [5.74, 6) is -1.26. The number of aryl methyl sites for hydroxylation is 2. The Hall–Kier alpha value is -3.78. The predicted octanol–water partition coefficient (Wildman–Crippen LogP) is 6.31. The van der Waals surface area contributed by atoms with Crippen molar-refractivity contribution in [3.63, 3.8) is 0 Å². The van der Waals surface area contributed by atoms with Gasteiger partial charge >= 0.3 is 5.97 Å². The fourth-order valence-electron chi connectivity index (χ4n) is 5.44. The molecule has 0 aliphatic carbocycles. The number of para-hydroxylation sites is 1. The van der Waals surface area contributed by atoms with Crippen LogP contribution in [0.1, 0.15) is 68.4 Å². The molecule has 0 radical (unpaired) electrons. The first-order valence-electron chi connectivity index (χ1n) is 13.0. The van der Waals surface area contributed by atoms with Crippen molar-refractivity contribution in [1.29, 1.82) is 0 Å². The van der Waals surface area contributed by atoms with Gasteiger partial charge in [0.05, 0.1) is 11.9 Å². The van der Waals surface area contributed by atoms with E-state index in [0.717, 1.165) is 41.1 Å². The van der Waals surface area contributed by atoms with E-state index in [4.69, 9.17) is 4.74 Å². The average Bonchev–Trinajstić information content (AvgIpc) is 3.23. The Morgan fingerprint density at radius 2 is 1.95 bits per heavy atom. The molecule has 1 aliphatic heterocycles. The SMILES string of the molecule is C.CCn1nnc2c(F)c([C@H](CC(=O)O)c3ccc(C)c(CN4Cc5ccccc5OC(C)(C)C4)c3)ccc21. The van der Waals surface area contributed by atoms with Crippen LogP contribution in [0.5, 0.6) is 5.75 Å². The Kier molecular flexibility index (Phi) is 8.07. The smallest absolute Gasteiger partial charge is 0.304 e. The summed E-state index contributed by atoms with van der Waals surface area (Å²) in [7, 11) is 0. The van der Waals surface area contributed by atoms with Gasteiger partial charge in [0.25, 0.3) is 0 Å². The monoisotopic (exact) mass is 532 g/mol. The highest BCUT2D eigenvalue weighted by atomic mass is 19.1. The molecule has 1 atom stereocenters. The predicted molar refractivity (Wildman–Crippen MR) is 150 cm³/mol. The second kappa shape index (κ2) is 11.1. The lowest BCUT2D eigenvalue weighted by molar-refractivity contribution is -0.137. The third kappa shape index (κ3) is 5.81. The number of ether oxygens (including phenoxy) is 1. The number of hydrogen-bond donors (Lipinski definition) is 1. The highest BCUT2D eigenvalue weighted by Crippen LogP contribution is 2.35. The zero-order valence-corrected chi connectivity index (χ0v) is 22.2. The summed E-state index contributed by atoms with van der Waals surface area (Å²) in [5.41, 5.74) is 4.77. The zero-order valence-electron chi connectivity index (χ0n) is 22.2. The van der Waals surface area contributed by atoms with Crippen LogP contribution in [-0.2, 0) is 24.4 Å². The molecular weight excluding hydrogens is 495 g/mol. The molecule has 0 saturated carbocycles. The standard InChI is InChI=1S/C30H33FN4O3.CH4/c1-5-35-25-13-12-23(28(31)29(25)32-33-35)24(15-27(36)37)20-11-10-19(2)22(14-20)17-34-16-21-8-6-7-9-26(21)38-30(3,4)18-34;/h6-14,24H,5,15-18H2,1-4H3,(H,36,37);1H4/t24-;/m1./s1. The number of rotatable bonds is 7. The van der Waals surface area contributed by atoms with Gasteiger partial charge in [-0.15, -0.1) is 5.10 Å². The Balaban J connectivity index is 0.00000353. The minimum Gasteiger partial charge on any atom is -0.486 e. The van der Waals surface area contributed by atoms with E-state index in [9.17, 15) is 9.90 Å². The van der Waals surface area contributed by atoms with Gasteiger partial charge in [0.1, 0.15) is 16.9 Å². The number of carboxylic acids is 1. The number of fused-ring (bicyclic) bond motifs is 2. The largest absolute Gasteiger partial charge is 0.486 e. The quantitative estimate of drug-likeness (QED) is 0.300. The van der Waals surface area contributed by atoms with Crippen LogP contribution in [0.25, 0.3) is 11.0 Å². The summed E-state index contributed by atoms with van der Waals surface area (Å²) >= 11 is 0. The molecule has 7 nitrogen and oxygen atoms in total. The minimum absolute atomic E-state index is 0. The Morgan fingerprint density at radius 3 is 2.69 bits per heavy atom. The zero-order chi connectivity index (χ0) is 27.0. The molecule has 206 valence electrons. The topological polar surface area (TPSA) is 80.5 Å². The molecule has 2 heterocycles. The van der Waals surface area contributed by atoms with Crippen LogP contribution in [0.4, 0.5) is 4.39 Å². The van der Waals surface area contributed by atoms with Gasteiger partial charge in [0, 0.05) is 37.7 Å². The van der Waals surface area contributed by atoms with Crippen LogP contribution >= 0.6 is 0 Å². The van der Waals surface area contributed by atoms with Crippen molar-refractivity contribution < 1.29 is 19.0 Å². The number of halogens is 1. The third-order valence-corrected chi connectivity index (χ3v) is 7.24. The van der Waals surface area contributed by atoms with E-state index in [2.05, 4.69) is 42.0 Å². The second-order valence-electron chi connectivity index (χ2n) is 10.7. The normalized spacial score (nSPS) is 15.6. The average molecular weight is 533 g/mol. The van der Waals surface area contributed by atoms with Crippen LogP contribution in [0.2, 0.25) is 0 Å². The van der Waals surface area contributed by atoms with Gasteiger partial charge in [-0.3, -0.25) is 9.69 Å². The van der Waals surface area contributed by atoms with E-state index < -0.39 is 17.7 Å². The molecular formula is C31H37FN4O3. The van der Waals surface area contributed by atoms with E-state index in [1.165, 1.54) is 0 Å². The molecule has 0 fully saturated rings. The van der Waals surface area contributed by atoms with Crippen LogP contribution in [0.15, 0.2) is 54.6 Å². The summed E-state index contributed by atoms with van der Waals surface area (Å²) < 4.78 is 23.6. The summed E-state index contributed by atoms with van der Waals surface area (Å²) in [5, 5.41) is 17.8. The first-order valence-corrected chi connectivity index (χ1v) is 13.0. The molecule has 0 unspecified atom stereocenters. The summed E-state index contributed by atoms with van der Waals surface area (Å²) in [6.45, 7) is 10.8. The minimum atomic E-state index is -0.989. The molecule has 1 N–H and O–H groups in total. The number of nitrogens with zero attached hydrogens (tertiary/aromatic N) is 4. The molecule has 0 amide bonds. The highest BCUT2D eigenvalue weighted by molar-refractivity contribution is 5.77. The molecule has 8 heteroatoms. The number of aromatic nitrogens is 3. The molecule has 3 aromatic carbocycles.